The van der Waals surface area contributed by atoms with Crippen LogP contribution in [0.3, 0.4) is 0 Å². The van der Waals surface area contributed by atoms with E-state index >= 15 is 4.79 Å². The number of methoxy groups -OCH3 is 1. The highest BCUT2D eigenvalue weighted by atomic mass is 16.5. The standard InChI is InChI=1S/C57H95N15O18/c1-12-28(8)38-52(84)70-39(29(9)74)51(83)63-23-36(75)68-41(44(77)46(59)78)54(86)67-35(24-73)56(88)90-45(31-17-14-13-15-18-31)42(72-49(81)34(22-26(4)5)65-50(82)37(58)30(10)89-11)55(87)71-40(43(76)27(6)7)53(85)66-33(21-25(2)3)48(80)64-32(47(79)69-38)19-16-20-62-57(60)61/h13-15,17-18,25-30,32-35,37-45,73-74,76-77H,12,16,19-24,58H2,1-11H3,(H2,59,78)(H,63,83)(H,64,80)(H,65,82)(H,66,85)(H,67,86)(H,68,75)(H,69,79)(H,70,84)(H,71,87)(H,72,81)(H4,60,61,62)/t28-,29-,30+,32+,33-,34-,35-,37-,38?,39?,40-,41-,42-,43+,44-,45+/m0/s1. The Bertz CT molecular complexity index is 2640. The molecule has 506 valence electrons. The van der Waals surface area contributed by atoms with Crippen molar-refractivity contribution in [1.82, 2.24) is 53.2 Å². The third kappa shape index (κ3) is 24.7. The van der Waals surface area contributed by atoms with Gasteiger partial charge in [-0.3, -0.25) is 57.7 Å². The van der Waals surface area contributed by atoms with E-state index in [1.807, 2.05) is 10.6 Å². The lowest BCUT2D eigenvalue weighted by molar-refractivity contribution is -0.159. The van der Waals surface area contributed by atoms with Gasteiger partial charge in [0.25, 0.3) is 0 Å². The van der Waals surface area contributed by atoms with E-state index in [4.69, 9.17) is 32.4 Å². The molecule has 11 amide bonds. The number of carbonyl (C=O) groups excluding carboxylic acids is 12. The number of nitrogens with zero attached hydrogens (tertiary/aromatic N) is 1. The van der Waals surface area contributed by atoms with E-state index in [1.54, 1.807) is 41.5 Å². The highest BCUT2D eigenvalue weighted by Crippen LogP contribution is 2.25. The molecular weight excluding hydrogens is 1180 g/mol. The Labute approximate surface area is 522 Å². The zero-order valence-electron chi connectivity index (χ0n) is 52.8. The highest BCUT2D eigenvalue weighted by Gasteiger charge is 2.44. The first-order chi connectivity index (χ1) is 42.1. The number of benzene rings is 1. The molecule has 33 nitrogen and oxygen atoms in total. The normalized spacial score (nSPS) is 25.0. The monoisotopic (exact) mass is 1280 g/mol. The molecule has 0 radical (unpaired) electrons. The van der Waals surface area contributed by atoms with E-state index in [0.29, 0.717) is 0 Å². The number of guanidine groups is 1. The number of primary amides is 1. The summed E-state index contributed by atoms with van der Waals surface area (Å²) in [6, 6.07) is -11.2. The molecule has 2 unspecified atom stereocenters. The third-order valence-corrected chi connectivity index (χ3v) is 14.6. The Balaban J connectivity index is 3.14. The van der Waals surface area contributed by atoms with Crippen LogP contribution in [0, 0.1) is 23.7 Å². The van der Waals surface area contributed by atoms with Crippen molar-refractivity contribution in [2.24, 2.45) is 51.6 Å². The Morgan fingerprint density at radius 3 is 1.78 bits per heavy atom. The van der Waals surface area contributed by atoms with Crippen LogP contribution in [0.15, 0.2) is 35.3 Å². The number of aliphatic imine (C=N–C) groups is 1. The molecule has 1 aliphatic rings. The quantitative estimate of drug-likeness (QED) is 0.0210. The topological polar surface area (TPSA) is 541 Å². The number of carbonyl (C=O) groups is 12. The number of hydrogen-bond donors (Lipinski definition) is 18. The lowest BCUT2D eigenvalue weighted by atomic mass is 9.95. The number of esters is 1. The number of amides is 11. The summed E-state index contributed by atoms with van der Waals surface area (Å²) in [6.45, 7) is 13.1. The fraction of sp³-hybridized carbons (Fsp3) is 0.667. The van der Waals surface area contributed by atoms with Crippen molar-refractivity contribution < 1.29 is 87.4 Å². The van der Waals surface area contributed by atoms with Crippen molar-refractivity contribution in [3.8, 4) is 0 Å². The number of cyclic esters (lactones) is 1. The van der Waals surface area contributed by atoms with Gasteiger partial charge in [0, 0.05) is 13.7 Å². The SMILES string of the molecule is CC[C@H](C)C1NC(=O)[C@@H](CCCN=C(N)N)NC(=O)[C@H](CC(C)C)NC(=O)[C@H]([C@H](O)C(C)C)NC(=O)[C@@H](NC(=O)[C@H](CC(C)C)NC(=O)[C@@H](N)[C@@H](C)OC)[C@@H](c2ccccc2)OC(=O)[C@H](CO)NC(=O)[C@H]([C@H](O)C(N)=O)NC(=O)CNC(=O)C([C@H](C)O)NC1=O. The van der Waals surface area contributed by atoms with Crippen LogP contribution in [0.25, 0.3) is 0 Å². The van der Waals surface area contributed by atoms with Crippen LogP contribution < -0.4 is 76.1 Å². The number of aliphatic hydroxyl groups excluding tert-OH is 4. The predicted octanol–water partition coefficient (Wildman–Crippen LogP) is -6.45. The molecule has 22 N–H and O–H groups in total. The van der Waals surface area contributed by atoms with Gasteiger partial charge in [-0.25, -0.2) is 4.79 Å². The van der Waals surface area contributed by atoms with Crippen LogP contribution in [0.5, 0.6) is 0 Å². The Hall–Kier alpha value is -8.11. The van der Waals surface area contributed by atoms with Crippen LogP contribution in [-0.4, -0.2) is 209 Å². The summed E-state index contributed by atoms with van der Waals surface area (Å²) in [7, 11) is 1.30. The fourth-order valence-corrected chi connectivity index (χ4v) is 8.98. The van der Waals surface area contributed by atoms with Crippen LogP contribution >= 0.6 is 0 Å². The van der Waals surface area contributed by atoms with E-state index in [-0.39, 0.29) is 56.1 Å². The average Bonchev–Trinajstić information content (AvgIpc) is 1.63. The van der Waals surface area contributed by atoms with Crippen LogP contribution in [0.2, 0.25) is 0 Å². The second-order valence-electron chi connectivity index (χ2n) is 23.3. The fourth-order valence-electron chi connectivity index (χ4n) is 8.98. The maximum absolute atomic E-state index is 15.3. The minimum atomic E-state index is -2.58. The van der Waals surface area contributed by atoms with Crippen LogP contribution in [0.4, 0.5) is 0 Å². The molecule has 2 rings (SSSR count). The molecule has 16 atom stereocenters. The van der Waals surface area contributed by atoms with Crippen LogP contribution in [-0.2, 0) is 67.0 Å². The van der Waals surface area contributed by atoms with Gasteiger partial charge in [-0.1, -0.05) is 92.1 Å². The van der Waals surface area contributed by atoms with Crippen molar-refractivity contribution in [2.45, 2.75) is 192 Å². The van der Waals surface area contributed by atoms with Gasteiger partial charge >= 0.3 is 5.97 Å². The molecule has 1 aliphatic heterocycles. The molecule has 90 heavy (non-hydrogen) atoms. The smallest absolute Gasteiger partial charge is 0.331 e. The van der Waals surface area contributed by atoms with E-state index < -0.39 is 193 Å². The van der Waals surface area contributed by atoms with Crippen molar-refractivity contribution in [3.05, 3.63) is 35.9 Å². The average molecular weight is 1280 g/mol. The first-order valence-corrected chi connectivity index (χ1v) is 29.6. The Morgan fingerprint density at radius 2 is 1.24 bits per heavy atom. The molecule has 1 aromatic rings. The number of rotatable bonds is 23. The summed E-state index contributed by atoms with van der Waals surface area (Å²) in [5, 5.41) is 67.9. The molecule has 1 saturated heterocycles. The maximum atomic E-state index is 15.3. The van der Waals surface area contributed by atoms with Gasteiger partial charge in [0.05, 0.1) is 31.5 Å². The summed E-state index contributed by atoms with van der Waals surface area (Å²) in [5.41, 5.74) is 22.5. The van der Waals surface area contributed by atoms with Gasteiger partial charge in [-0.15, -0.1) is 0 Å². The minimum Gasteiger partial charge on any atom is -0.453 e. The summed E-state index contributed by atoms with van der Waals surface area (Å²) >= 11 is 0. The molecule has 1 aromatic carbocycles. The van der Waals surface area contributed by atoms with Gasteiger partial charge in [0.1, 0.15) is 54.4 Å². The molecule has 0 aromatic heterocycles. The van der Waals surface area contributed by atoms with Crippen molar-refractivity contribution in [3.63, 3.8) is 0 Å². The molecule has 0 saturated carbocycles. The summed E-state index contributed by atoms with van der Waals surface area (Å²) in [5.74, 6) is -17.4. The third-order valence-electron chi connectivity index (χ3n) is 14.6. The Morgan fingerprint density at radius 1 is 0.689 bits per heavy atom. The summed E-state index contributed by atoms with van der Waals surface area (Å²) in [4.78, 5) is 174. The number of nitrogens with two attached hydrogens (primary N) is 4. The van der Waals surface area contributed by atoms with Crippen LogP contribution in [0.1, 0.15) is 113 Å². The molecule has 1 heterocycles. The van der Waals surface area contributed by atoms with Gasteiger partial charge in [-0.05, 0) is 68.8 Å². The molecule has 0 aliphatic carbocycles. The zero-order valence-corrected chi connectivity index (χ0v) is 52.8. The molecule has 0 bridgehead atoms. The van der Waals surface area contributed by atoms with E-state index in [1.165, 1.54) is 58.2 Å². The lowest BCUT2D eigenvalue weighted by Crippen LogP contribution is -2.64. The molecular formula is C57H95N15O18. The summed E-state index contributed by atoms with van der Waals surface area (Å²) in [6.07, 6.45) is -9.22. The van der Waals surface area contributed by atoms with Crippen molar-refractivity contribution in [1.29, 1.82) is 0 Å². The van der Waals surface area contributed by atoms with Gasteiger partial charge in [-0.2, -0.15) is 0 Å². The lowest BCUT2D eigenvalue weighted by Gasteiger charge is -2.34. The summed E-state index contributed by atoms with van der Waals surface area (Å²) < 4.78 is 11.1. The van der Waals surface area contributed by atoms with E-state index in [9.17, 15) is 73.2 Å². The zero-order chi connectivity index (χ0) is 68.4. The van der Waals surface area contributed by atoms with Crippen molar-refractivity contribution >= 4 is 76.9 Å². The minimum absolute atomic E-state index is 0.0416. The maximum Gasteiger partial charge on any atom is 0.331 e. The number of hydrogen-bond acceptors (Lipinski definition) is 20. The van der Waals surface area contributed by atoms with Gasteiger partial charge < -0.3 is 106 Å². The number of ether oxygens (including phenoxy) is 2. The highest BCUT2D eigenvalue weighted by molar-refractivity contribution is 6.00. The predicted molar refractivity (Wildman–Crippen MR) is 323 cm³/mol. The second-order valence-corrected chi connectivity index (χ2v) is 23.3. The second kappa shape index (κ2) is 37.8. The number of aliphatic hydroxyl groups is 4. The van der Waals surface area contributed by atoms with E-state index in [2.05, 4.69) is 47.5 Å². The first-order valence-electron chi connectivity index (χ1n) is 29.6. The van der Waals surface area contributed by atoms with Crippen molar-refractivity contribution in [2.75, 3.05) is 26.8 Å². The molecule has 33 heteroatoms. The molecule has 1 fully saturated rings. The largest absolute Gasteiger partial charge is 0.453 e. The van der Waals surface area contributed by atoms with Gasteiger partial charge in [0.2, 0.25) is 65.0 Å². The molecule has 0 spiro atoms. The van der Waals surface area contributed by atoms with E-state index in [0.717, 1.165) is 6.92 Å². The Kier molecular flexibility index (Phi) is 32.7. The van der Waals surface area contributed by atoms with Gasteiger partial charge in [0.15, 0.2) is 24.2 Å². The first kappa shape index (κ1) is 78.0. The number of nitrogens with one attached hydrogen (secondary N) is 10.